The van der Waals surface area contributed by atoms with Gasteiger partial charge in [0.15, 0.2) is 0 Å². The summed E-state index contributed by atoms with van der Waals surface area (Å²) >= 11 is 0. The van der Waals surface area contributed by atoms with Crippen molar-refractivity contribution in [1.82, 2.24) is 5.27 Å². The Hall–Kier alpha value is -1.84. The van der Waals surface area contributed by atoms with Gasteiger partial charge in [0.05, 0.1) is 0 Å². The number of rotatable bonds is 2. The normalized spacial score (nSPS) is 10.4. The topological polar surface area (TPSA) is 55.9 Å². The lowest BCUT2D eigenvalue weighted by atomic mass is 10.2. The molecule has 0 radical (unpaired) electrons. The minimum absolute atomic E-state index is 0.376. The number of nitrogens with zero attached hydrogens (tertiary/aromatic N) is 2. The molecule has 0 spiro atoms. The second-order valence-corrected chi connectivity index (χ2v) is 3.17. The second kappa shape index (κ2) is 3.49. The Morgan fingerprint density at radius 3 is 2.64 bits per heavy atom. The number of nitrogen functional groups attached to an aromatic ring is 1. The van der Waals surface area contributed by atoms with Crippen molar-refractivity contribution in [2.45, 2.75) is 13.5 Å². The minimum atomic E-state index is 0.376. The molecule has 4 heteroatoms. The zero-order valence-corrected chi connectivity index (χ0v) is 7.97. The van der Waals surface area contributed by atoms with Crippen molar-refractivity contribution in [3.05, 3.63) is 41.6 Å². The maximum atomic E-state index is 5.54. The lowest BCUT2D eigenvalue weighted by Crippen LogP contribution is -2.38. The summed E-state index contributed by atoms with van der Waals surface area (Å²) in [6.07, 6.45) is 0. The molecule has 0 aliphatic rings. The van der Waals surface area contributed by atoms with E-state index >= 15 is 0 Å². The third kappa shape index (κ3) is 1.59. The van der Waals surface area contributed by atoms with E-state index in [1.165, 1.54) is 5.56 Å². The molecule has 0 unspecified atom stereocenters. The van der Waals surface area contributed by atoms with E-state index in [0.717, 1.165) is 5.69 Å². The van der Waals surface area contributed by atoms with Crippen LogP contribution < -0.4 is 10.4 Å². The van der Waals surface area contributed by atoms with Crippen molar-refractivity contribution in [3.8, 4) is 0 Å². The van der Waals surface area contributed by atoms with Crippen molar-refractivity contribution in [3.63, 3.8) is 0 Å². The van der Waals surface area contributed by atoms with Crippen molar-refractivity contribution in [1.29, 1.82) is 0 Å². The maximum Gasteiger partial charge on any atom is 0.296 e. The summed E-state index contributed by atoms with van der Waals surface area (Å²) in [5.41, 5.74) is 7.57. The van der Waals surface area contributed by atoms with Crippen LogP contribution >= 0.6 is 0 Å². The van der Waals surface area contributed by atoms with Gasteiger partial charge in [-0.1, -0.05) is 30.3 Å². The third-order valence-electron chi connectivity index (χ3n) is 2.16. The van der Waals surface area contributed by atoms with Crippen LogP contribution in [-0.4, -0.2) is 5.27 Å². The highest BCUT2D eigenvalue weighted by molar-refractivity contribution is 5.23. The average molecular weight is 190 g/mol. The van der Waals surface area contributed by atoms with E-state index in [2.05, 4.69) is 5.27 Å². The molecule has 0 aliphatic carbocycles. The molecule has 0 bridgehead atoms. The van der Waals surface area contributed by atoms with Crippen LogP contribution in [0.2, 0.25) is 0 Å². The van der Waals surface area contributed by atoms with E-state index in [0.29, 0.717) is 12.4 Å². The number of anilines is 1. The van der Waals surface area contributed by atoms with Gasteiger partial charge in [-0.25, -0.2) is 0 Å². The molecule has 0 atom stereocenters. The van der Waals surface area contributed by atoms with Gasteiger partial charge in [0.1, 0.15) is 0 Å². The highest BCUT2D eigenvalue weighted by Crippen LogP contribution is 2.03. The number of hydrogen-bond donors (Lipinski definition) is 1. The summed E-state index contributed by atoms with van der Waals surface area (Å²) in [5.74, 6) is 0.376. The lowest BCUT2D eigenvalue weighted by molar-refractivity contribution is -0.759. The molecule has 0 saturated heterocycles. The van der Waals surface area contributed by atoms with Gasteiger partial charge in [-0.2, -0.15) is 0 Å². The molecule has 1 heterocycles. The fraction of sp³-hybridized carbons (Fsp3) is 0.200. The number of hydrogen-bond acceptors (Lipinski definition) is 3. The molecule has 14 heavy (non-hydrogen) atoms. The molecule has 72 valence electrons. The van der Waals surface area contributed by atoms with Gasteiger partial charge in [0, 0.05) is 12.5 Å². The van der Waals surface area contributed by atoms with Gasteiger partial charge in [0.25, 0.3) is 11.6 Å². The van der Waals surface area contributed by atoms with Gasteiger partial charge in [-0.3, -0.25) is 4.52 Å². The van der Waals surface area contributed by atoms with Crippen LogP contribution in [0.1, 0.15) is 11.3 Å². The van der Waals surface area contributed by atoms with E-state index in [-0.39, 0.29) is 0 Å². The Labute approximate surface area is 81.9 Å². The summed E-state index contributed by atoms with van der Waals surface area (Å²) in [7, 11) is 0. The predicted octanol–water partition coefficient (Wildman–Crippen LogP) is 0.901. The first-order valence-electron chi connectivity index (χ1n) is 4.43. The standard InChI is InChI=1S/C10H12N3O/c1-8-10(11)14-12-13(8)7-9-5-3-2-4-6-9/h2-6H,7,11H2,1H3/q+1. The van der Waals surface area contributed by atoms with Gasteiger partial charge in [0.2, 0.25) is 11.8 Å². The molecular formula is C10H12N3O+. The monoisotopic (exact) mass is 190 g/mol. The van der Waals surface area contributed by atoms with Crippen molar-refractivity contribution >= 4 is 5.88 Å². The zero-order valence-electron chi connectivity index (χ0n) is 7.97. The number of benzene rings is 1. The van der Waals surface area contributed by atoms with Crippen molar-refractivity contribution in [2.24, 2.45) is 0 Å². The fourth-order valence-corrected chi connectivity index (χ4v) is 1.25. The Kier molecular flexibility index (Phi) is 2.18. The van der Waals surface area contributed by atoms with Crippen LogP contribution in [0, 0.1) is 6.92 Å². The predicted molar refractivity (Wildman–Crippen MR) is 51.4 cm³/mol. The fourth-order valence-electron chi connectivity index (χ4n) is 1.25. The summed E-state index contributed by atoms with van der Waals surface area (Å²) < 4.78 is 6.60. The van der Waals surface area contributed by atoms with E-state index in [1.807, 2.05) is 37.3 Å². The van der Waals surface area contributed by atoms with Crippen LogP contribution in [0.25, 0.3) is 0 Å². The largest absolute Gasteiger partial charge is 0.362 e. The Balaban J connectivity index is 2.23. The second-order valence-electron chi connectivity index (χ2n) is 3.17. The first-order chi connectivity index (χ1) is 6.77. The Morgan fingerprint density at radius 2 is 2.07 bits per heavy atom. The molecule has 2 aromatic rings. The van der Waals surface area contributed by atoms with Gasteiger partial charge >= 0.3 is 0 Å². The smallest absolute Gasteiger partial charge is 0.296 e. The van der Waals surface area contributed by atoms with Crippen LogP contribution in [0.15, 0.2) is 34.9 Å². The first kappa shape index (κ1) is 8.74. The molecule has 0 aliphatic heterocycles. The van der Waals surface area contributed by atoms with Crippen molar-refractivity contribution < 1.29 is 9.20 Å². The van der Waals surface area contributed by atoms with E-state index in [4.69, 9.17) is 10.3 Å². The number of nitrogens with two attached hydrogens (primary N) is 1. The average Bonchev–Trinajstić information content (AvgIpc) is 2.52. The highest BCUT2D eigenvalue weighted by Gasteiger charge is 2.17. The molecule has 1 aromatic carbocycles. The molecule has 0 saturated carbocycles. The molecule has 1 aromatic heterocycles. The minimum Gasteiger partial charge on any atom is -0.362 e. The summed E-state index contributed by atoms with van der Waals surface area (Å²) in [6.45, 7) is 2.57. The lowest BCUT2D eigenvalue weighted by Gasteiger charge is -1.91. The first-order valence-corrected chi connectivity index (χ1v) is 4.43. The molecule has 2 N–H and O–H groups in total. The SMILES string of the molecule is Cc1c(N)on[n+]1Cc1ccccc1. The molecular weight excluding hydrogens is 178 g/mol. The van der Waals surface area contributed by atoms with E-state index in [9.17, 15) is 0 Å². The quantitative estimate of drug-likeness (QED) is 0.716. The Bertz CT molecular complexity index is 422. The van der Waals surface area contributed by atoms with E-state index in [1.54, 1.807) is 4.68 Å². The van der Waals surface area contributed by atoms with E-state index < -0.39 is 0 Å². The molecule has 0 amide bonds. The maximum absolute atomic E-state index is 5.54. The Morgan fingerprint density at radius 1 is 1.36 bits per heavy atom. The van der Waals surface area contributed by atoms with Gasteiger partial charge in [-0.15, -0.1) is 0 Å². The van der Waals surface area contributed by atoms with Crippen molar-refractivity contribution in [2.75, 3.05) is 5.73 Å². The van der Waals surface area contributed by atoms with Crippen LogP contribution in [0.5, 0.6) is 0 Å². The summed E-state index contributed by atoms with van der Waals surface area (Å²) in [5, 5.41) is 3.83. The summed E-state index contributed by atoms with van der Waals surface area (Å²) in [4.78, 5) is 0. The summed E-state index contributed by atoms with van der Waals surface area (Å²) in [6, 6.07) is 10.1. The van der Waals surface area contributed by atoms with Crippen LogP contribution in [0.3, 0.4) is 0 Å². The van der Waals surface area contributed by atoms with Gasteiger partial charge < -0.3 is 5.73 Å². The van der Waals surface area contributed by atoms with Gasteiger partial charge in [-0.05, 0) is 4.68 Å². The zero-order chi connectivity index (χ0) is 9.97. The van der Waals surface area contributed by atoms with Crippen LogP contribution in [-0.2, 0) is 6.54 Å². The molecule has 2 rings (SSSR count). The highest BCUT2D eigenvalue weighted by atomic mass is 16.5. The van der Waals surface area contributed by atoms with Crippen LogP contribution in [0.4, 0.5) is 5.88 Å². The third-order valence-corrected chi connectivity index (χ3v) is 2.16. The molecule has 4 nitrogen and oxygen atoms in total. The number of aromatic nitrogens is 2. The molecule has 0 fully saturated rings.